The van der Waals surface area contributed by atoms with E-state index in [1.54, 1.807) is 35.5 Å². The van der Waals surface area contributed by atoms with E-state index in [-0.39, 0.29) is 40.8 Å². The van der Waals surface area contributed by atoms with Crippen LogP contribution in [0, 0.1) is 6.92 Å². The average Bonchev–Trinajstić information content (AvgIpc) is 3.30. The molecular formula is C26H27F3N5O2+. The summed E-state index contributed by atoms with van der Waals surface area (Å²) in [5.74, 6) is -0.328. The first-order valence-electron chi connectivity index (χ1n) is 11.7. The summed E-state index contributed by atoms with van der Waals surface area (Å²) in [6.45, 7) is 4.90. The smallest absolute Gasteiger partial charge is 0.338 e. The van der Waals surface area contributed by atoms with Gasteiger partial charge in [0, 0.05) is 42.3 Å². The van der Waals surface area contributed by atoms with Gasteiger partial charge in [-0.1, -0.05) is 11.6 Å². The molecule has 3 aromatic rings. The van der Waals surface area contributed by atoms with Gasteiger partial charge in [-0.15, -0.1) is 0 Å². The second kappa shape index (κ2) is 8.19. The van der Waals surface area contributed by atoms with E-state index in [0.717, 1.165) is 11.3 Å². The Kier molecular flexibility index (Phi) is 5.47. The van der Waals surface area contributed by atoms with Crippen LogP contribution >= 0.6 is 0 Å². The van der Waals surface area contributed by atoms with Crippen molar-refractivity contribution in [1.29, 1.82) is 0 Å². The van der Waals surface area contributed by atoms with Crippen molar-refractivity contribution in [2.24, 2.45) is 4.99 Å². The summed E-state index contributed by atoms with van der Waals surface area (Å²) >= 11 is 0. The van der Waals surface area contributed by atoms with E-state index in [0.29, 0.717) is 22.2 Å². The number of pyridine rings is 1. The molecule has 2 aliphatic heterocycles. The van der Waals surface area contributed by atoms with E-state index in [4.69, 9.17) is 0 Å². The molecule has 2 unspecified atom stereocenters. The lowest BCUT2D eigenvalue weighted by molar-refractivity contribution is -0.139. The minimum Gasteiger partial charge on any atom is -0.338 e. The number of allylic oxidation sites excluding steroid dienone is 1. The number of hydrogen-bond acceptors (Lipinski definition) is 3. The zero-order chi connectivity index (χ0) is 26.0. The normalized spacial score (nSPS) is 21.9. The van der Waals surface area contributed by atoms with Crippen molar-refractivity contribution in [3.05, 3.63) is 75.6 Å². The van der Waals surface area contributed by atoms with Crippen molar-refractivity contribution >= 4 is 28.8 Å². The van der Waals surface area contributed by atoms with Gasteiger partial charge in [0.05, 0.1) is 12.7 Å². The number of rotatable bonds is 4. The number of alkyl halides is 3. The number of fused-ring (bicyclic) bond motifs is 2. The molecule has 0 bridgehead atoms. The highest BCUT2D eigenvalue weighted by molar-refractivity contribution is 5.94. The molecule has 0 N–H and O–H groups in total. The number of carbonyl (C=O) groups excluding carboxylic acids is 1. The van der Waals surface area contributed by atoms with Crippen LogP contribution in [0.3, 0.4) is 0 Å². The predicted molar refractivity (Wildman–Crippen MR) is 133 cm³/mol. The lowest BCUT2D eigenvalue weighted by atomic mass is 10.1. The molecule has 0 fully saturated rings. The lowest BCUT2D eigenvalue weighted by Gasteiger charge is -2.35. The predicted octanol–water partition coefficient (Wildman–Crippen LogP) is 4.56. The first-order valence-corrected chi connectivity index (χ1v) is 11.7. The number of aliphatic imine (C=N–C) groups is 1. The fourth-order valence-electron chi connectivity index (χ4n) is 5.15. The molecule has 4 heterocycles. The van der Waals surface area contributed by atoms with Gasteiger partial charge in [-0.25, -0.2) is 9.48 Å². The van der Waals surface area contributed by atoms with Crippen LogP contribution in [-0.2, 0) is 19.6 Å². The van der Waals surface area contributed by atoms with Gasteiger partial charge >= 0.3 is 11.7 Å². The van der Waals surface area contributed by atoms with Gasteiger partial charge in [0.25, 0.3) is 5.91 Å². The molecule has 2 aromatic heterocycles. The Balaban J connectivity index is 1.51. The van der Waals surface area contributed by atoms with Crippen molar-refractivity contribution < 1.29 is 18.0 Å². The van der Waals surface area contributed by atoms with Gasteiger partial charge in [-0.3, -0.25) is 14.2 Å². The molecule has 36 heavy (non-hydrogen) atoms. The highest BCUT2D eigenvalue weighted by Crippen LogP contribution is 2.30. The summed E-state index contributed by atoms with van der Waals surface area (Å²) in [7, 11) is 1.85. The van der Waals surface area contributed by atoms with Gasteiger partial charge in [0.2, 0.25) is 5.69 Å². The number of halogens is 3. The third-order valence-corrected chi connectivity index (χ3v) is 6.90. The van der Waals surface area contributed by atoms with Crippen LogP contribution in [0.5, 0.6) is 0 Å². The zero-order valence-corrected chi connectivity index (χ0v) is 20.5. The van der Waals surface area contributed by atoms with E-state index in [9.17, 15) is 22.8 Å². The van der Waals surface area contributed by atoms with Crippen molar-refractivity contribution in [3.63, 3.8) is 0 Å². The van der Waals surface area contributed by atoms with Gasteiger partial charge in [0.15, 0.2) is 6.34 Å². The SMILES string of the molecule is CC1=C[N+](C)(c2ccc3n(c2=O)CC(C)N(Cc2cn(CC(F)(F)F)c4ccc(C)cc24)C3=O)C=N1. The second-order valence-corrected chi connectivity index (χ2v) is 9.88. The summed E-state index contributed by atoms with van der Waals surface area (Å²) in [6.07, 6.45) is 0.655. The molecule has 0 saturated heterocycles. The molecular weight excluding hydrogens is 471 g/mol. The lowest BCUT2D eigenvalue weighted by Crippen LogP contribution is -2.51. The van der Waals surface area contributed by atoms with Gasteiger partial charge < -0.3 is 9.47 Å². The quantitative estimate of drug-likeness (QED) is 0.496. The number of hydrogen-bond donors (Lipinski definition) is 0. The fraction of sp³-hybridized carbons (Fsp3) is 0.346. The Labute approximate surface area is 206 Å². The number of quaternary nitrogens is 1. The highest BCUT2D eigenvalue weighted by Gasteiger charge is 2.36. The van der Waals surface area contributed by atoms with Crippen molar-refractivity contribution in [2.45, 2.75) is 52.6 Å². The zero-order valence-electron chi connectivity index (χ0n) is 20.5. The van der Waals surface area contributed by atoms with Gasteiger partial charge in [-0.05, 0) is 44.5 Å². The summed E-state index contributed by atoms with van der Waals surface area (Å²) in [4.78, 5) is 32.8. The maximum absolute atomic E-state index is 13.5. The third kappa shape index (κ3) is 4.05. The molecule has 7 nitrogen and oxygen atoms in total. The molecule has 188 valence electrons. The van der Waals surface area contributed by atoms with E-state index in [1.165, 1.54) is 15.3 Å². The monoisotopic (exact) mass is 498 g/mol. The maximum atomic E-state index is 13.5. The third-order valence-electron chi connectivity index (χ3n) is 6.90. The van der Waals surface area contributed by atoms with E-state index in [2.05, 4.69) is 4.99 Å². The number of benzene rings is 1. The minimum absolute atomic E-state index is 0.120. The molecule has 10 heteroatoms. The molecule has 0 aliphatic carbocycles. The van der Waals surface area contributed by atoms with Crippen LogP contribution in [0.2, 0.25) is 0 Å². The Hall–Kier alpha value is -3.66. The molecule has 5 rings (SSSR count). The van der Waals surface area contributed by atoms with Gasteiger partial charge in [-0.2, -0.15) is 13.2 Å². The van der Waals surface area contributed by atoms with Gasteiger partial charge in [0.1, 0.15) is 18.4 Å². The molecule has 1 aromatic carbocycles. The molecule has 0 spiro atoms. The largest absolute Gasteiger partial charge is 0.406 e. The number of aryl methyl sites for hydroxylation is 1. The molecule has 2 atom stereocenters. The van der Waals surface area contributed by atoms with Crippen LogP contribution < -0.4 is 10.0 Å². The van der Waals surface area contributed by atoms with Crippen molar-refractivity contribution in [3.8, 4) is 0 Å². The van der Waals surface area contributed by atoms with E-state index in [1.807, 2.05) is 40.1 Å². The first-order chi connectivity index (χ1) is 16.9. The molecule has 1 amide bonds. The summed E-state index contributed by atoms with van der Waals surface area (Å²) in [5.41, 5.74) is 3.32. The summed E-state index contributed by atoms with van der Waals surface area (Å²) < 4.78 is 42.4. The molecule has 0 radical (unpaired) electrons. The number of nitrogens with zero attached hydrogens (tertiary/aromatic N) is 5. The van der Waals surface area contributed by atoms with Crippen LogP contribution in [0.1, 0.15) is 35.5 Å². The summed E-state index contributed by atoms with van der Waals surface area (Å²) in [5, 5.41) is 0.686. The second-order valence-electron chi connectivity index (χ2n) is 9.88. The van der Waals surface area contributed by atoms with E-state index >= 15 is 0 Å². The molecule has 0 saturated carbocycles. The van der Waals surface area contributed by atoms with Crippen molar-refractivity contribution in [1.82, 2.24) is 18.5 Å². The first kappa shape index (κ1) is 24.1. The summed E-state index contributed by atoms with van der Waals surface area (Å²) in [6, 6.07) is 8.27. The number of carbonyl (C=O) groups is 1. The van der Waals surface area contributed by atoms with Crippen LogP contribution in [-0.4, -0.2) is 45.5 Å². The standard InChI is InChI=1S/C26H27F3N5O2/c1-16-5-6-21-20(9-16)19(11-31(21)14-26(27,28)29)12-32-18(3)10-33-22(24(32)35)7-8-23(25(33)36)34(4)13-17(2)30-15-34/h5-9,11,13,15,18H,10,12,14H2,1-4H3/q+1. The number of aromatic nitrogens is 2. The Bertz CT molecular complexity index is 1510. The van der Waals surface area contributed by atoms with Crippen LogP contribution in [0.25, 0.3) is 10.9 Å². The van der Waals surface area contributed by atoms with Crippen LogP contribution in [0.4, 0.5) is 18.9 Å². The Morgan fingerprint density at radius 1 is 1.14 bits per heavy atom. The maximum Gasteiger partial charge on any atom is 0.406 e. The minimum atomic E-state index is -4.37. The highest BCUT2D eigenvalue weighted by atomic mass is 19.4. The fourth-order valence-corrected chi connectivity index (χ4v) is 5.15. The van der Waals surface area contributed by atoms with E-state index < -0.39 is 12.7 Å². The van der Waals surface area contributed by atoms with Crippen molar-refractivity contribution in [2.75, 3.05) is 7.05 Å². The Morgan fingerprint density at radius 3 is 2.56 bits per heavy atom. The topological polar surface area (TPSA) is 59.6 Å². The number of amides is 1. The Morgan fingerprint density at radius 2 is 1.89 bits per heavy atom. The average molecular weight is 499 g/mol. The molecule has 2 aliphatic rings. The van der Waals surface area contributed by atoms with Crippen LogP contribution in [0.15, 0.2) is 58.2 Å².